The van der Waals surface area contributed by atoms with Crippen molar-refractivity contribution in [2.75, 3.05) is 25.0 Å². The molecule has 2 aliphatic rings. The van der Waals surface area contributed by atoms with Crippen molar-refractivity contribution in [3.63, 3.8) is 0 Å². The van der Waals surface area contributed by atoms with Crippen LogP contribution in [-0.4, -0.2) is 73.5 Å². The minimum atomic E-state index is -0.640. The molecule has 1 aromatic heterocycles. The van der Waals surface area contributed by atoms with Crippen LogP contribution in [-0.2, 0) is 4.79 Å². The van der Waals surface area contributed by atoms with Crippen LogP contribution in [0.5, 0.6) is 5.75 Å². The monoisotopic (exact) mass is 440 g/mol. The lowest BCUT2D eigenvalue weighted by Gasteiger charge is -2.41. The van der Waals surface area contributed by atoms with E-state index in [0.717, 1.165) is 37.1 Å². The number of phenolic OH excluding ortho intramolecular Hbond substituents is 1. The Balaban J connectivity index is 1.31. The molecule has 1 aliphatic heterocycles. The molecule has 0 spiro atoms. The molecule has 172 valence electrons. The molecule has 1 saturated heterocycles. The molecule has 0 bridgehead atoms. The number of phenols is 1. The van der Waals surface area contributed by atoms with Crippen LogP contribution in [0.1, 0.15) is 43.7 Å². The van der Waals surface area contributed by atoms with Crippen LogP contribution < -0.4 is 10.6 Å². The number of amides is 1. The Hall–Kier alpha value is -2.78. The van der Waals surface area contributed by atoms with E-state index in [-0.39, 0.29) is 23.7 Å². The van der Waals surface area contributed by atoms with Crippen LogP contribution in [0.3, 0.4) is 0 Å². The smallest absolute Gasteiger partial charge is 0.242 e. The summed E-state index contributed by atoms with van der Waals surface area (Å²) in [6.07, 6.45) is 4.79. The molecule has 0 radical (unpaired) electrons. The first kappa shape index (κ1) is 22.4. The maximum absolute atomic E-state index is 12.3. The fourth-order valence-corrected chi connectivity index (χ4v) is 4.81. The Morgan fingerprint density at radius 2 is 2.03 bits per heavy atom. The molecular formula is C23H32N6O3. The van der Waals surface area contributed by atoms with E-state index in [1.165, 1.54) is 0 Å². The van der Waals surface area contributed by atoms with Crippen molar-refractivity contribution in [1.82, 2.24) is 25.4 Å². The molecule has 1 unspecified atom stereocenters. The molecule has 9 nitrogen and oxygen atoms in total. The van der Waals surface area contributed by atoms with Crippen molar-refractivity contribution >= 4 is 11.9 Å². The molecule has 9 heteroatoms. The number of carbonyl (C=O) groups excluding carboxylic acids is 1. The average Bonchev–Trinajstić information content (AvgIpc) is 2.67. The number of anilines is 1. The number of likely N-dealkylation sites (tertiary alicyclic amines) is 1. The fourth-order valence-electron chi connectivity index (χ4n) is 4.81. The van der Waals surface area contributed by atoms with E-state index in [4.69, 9.17) is 0 Å². The van der Waals surface area contributed by atoms with Crippen LogP contribution in [0.25, 0.3) is 11.3 Å². The molecule has 4 N–H and O–H groups in total. The van der Waals surface area contributed by atoms with E-state index in [1.807, 2.05) is 19.9 Å². The van der Waals surface area contributed by atoms with E-state index in [0.29, 0.717) is 36.6 Å². The zero-order valence-corrected chi connectivity index (χ0v) is 18.9. The third-order valence-corrected chi connectivity index (χ3v) is 6.22. The summed E-state index contributed by atoms with van der Waals surface area (Å²) in [4.78, 5) is 18.9. The third kappa shape index (κ3) is 5.34. The number of nitrogens with zero attached hydrogens (tertiary/aromatic N) is 4. The maximum atomic E-state index is 12.3. The Morgan fingerprint density at radius 1 is 1.25 bits per heavy atom. The minimum absolute atomic E-state index is 0.00157. The number of nitrogens with one attached hydrogen (secondary N) is 2. The van der Waals surface area contributed by atoms with Crippen molar-refractivity contribution in [3.8, 4) is 17.0 Å². The number of piperidine rings is 1. The second-order valence-corrected chi connectivity index (χ2v) is 9.53. The van der Waals surface area contributed by atoms with Gasteiger partial charge in [-0.2, -0.15) is 0 Å². The first-order chi connectivity index (χ1) is 15.2. The highest BCUT2D eigenvalue weighted by molar-refractivity contribution is 5.78. The van der Waals surface area contributed by atoms with E-state index in [9.17, 15) is 15.0 Å². The Morgan fingerprint density at radius 3 is 2.69 bits per heavy atom. The Kier molecular flexibility index (Phi) is 6.30. The van der Waals surface area contributed by atoms with Gasteiger partial charge in [-0.25, -0.2) is 4.98 Å². The average molecular weight is 441 g/mol. The number of carbonyl (C=O) groups is 1. The van der Waals surface area contributed by atoms with Gasteiger partial charge in [0, 0.05) is 24.2 Å². The number of aliphatic hydroxyl groups is 1. The highest BCUT2D eigenvalue weighted by Gasteiger charge is 2.39. The summed E-state index contributed by atoms with van der Waals surface area (Å²) in [6, 6.07) is 3.90. The van der Waals surface area contributed by atoms with Gasteiger partial charge in [0.1, 0.15) is 11.4 Å². The number of aryl methyl sites for hydroxylation is 2. The molecule has 2 heterocycles. The summed E-state index contributed by atoms with van der Waals surface area (Å²) in [5.74, 6) is 0.610. The molecule has 4 rings (SSSR count). The van der Waals surface area contributed by atoms with Gasteiger partial charge in [-0.3, -0.25) is 9.69 Å². The highest BCUT2D eigenvalue weighted by Crippen LogP contribution is 2.32. The summed E-state index contributed by atoms with van der Waals surface area (Å²) in [5, 5.41) is 34.9. The molecule has 32 heavy (non-hydrogen) atoms. The molecule has 2 fully saturated rings. The zero-order chi connectivity index (χ0) is 22.9. The molecule has 1 atom stereocenters. The number of rotatable bonds is 6. The summed E-state index contributed by atoms with van der Waals surface area (Å²) in [7, 11) is 0. The number of aromatic nitrogens is 3. The van der Waals surface area contributed by atoms with Gasteiger partial charge in [-0.1, -0.05) is 6.07 Å². The lowest BCUT2D eigenvalue weighted by molar-refractivity contribution is -0.126. The molecule has 2 aromatic rings. The predicted molar refractivity (Wildman–Crippen MR) is 121 cm³/mol. The Labute approximate surface area is 188 Å². The van der Waals surface area contributed by atoms with Crippen LogP contribution in [0.2, 0.25) is 0 Å². The largest absolute Gasteiger partial charge is 0.507 e. The number of aromatic hydroxyl groups is 1. The Bertz CT molecular complexity index is 947. The second-order valence-electron chi connectivity index (χ2n) is 9.53. The van der Waals surface area contributed by atoms with Crippen molar-refractivity contribution in [2.45, 2.75) is 64.1 Å². The summed E-state index contributed by atoms with van der Waals surface area (Å²) in [5.41, 5.74) is 2.44. The fraction of sp³-hybridized carbons (Fsp3) is 0.565. The van der Waals surface area contributed by atoms with Gasteiger partial charge in [0.15, 0.2) is 0 Å². The first-order valence-corrected chi connectivity index (χ1v) is 11.2. The molecule has 1 saturated carbocycles. The van der Waals surface area contributed by atoms with E-state index in [2.05, 4.69) is 30.7 Å². The van der Waals surface area contributed by atoms with Gasteiger partial charge in [-0.05, 0) is 70.2 Å². The van der Waals surface area contributed by atoms with Gasteiger partial charge in [0.2, 0.25) is 11.9 Å². The van der Waals surface area contributed by atoms with E-state index in [1.54, 1.807) is 19.2 Å². The second kappa shape index (κ2) is 8.99. The highest BCUT2D eigenvalue weighted by atomic mass is 16.3. The van der Waals surface area contributed by atoms with Gasteiger partial charge in [-0.15, -0.1) is 10.2 Å². The van der Waals surface area contributed by atoms with Crippen LogP contribution in [0, 0.1) is 13.8 Å². The van der Waals surface area contributed by atoms with Crippen molar-refractivity contribution in [1.29, 1.82) is 0 Å². The summed E-state index contributed by atoms with van der Waals surface area (Å²) in [6.45, 7) is 7.60. The third-order valence-electron chi connectivity index (χ3n) is 6.22. The van der Waals surface area contributed by atoms with E-state index < -0.39 is 5.60 Å². The van der Waals surface area contributed by atoms with Gasteiger partial charge < -0.3 is 20.8 Å². The first-order valence-electron chi connectivity index (χ1n) is 11.2. The van der Waals surface area contributed by atoms with Crippen LogP contribution >= 0.6 is 0 Å². The van der Waals surface area contributed by atoms with Crippen molar-refractivity contribution in [3.05, 3.63) is 29.5 Å². The summed E-state index contributed by atoms with van der Waals surface area (Å²) < 4.78 is 0. The standard InChI is InChI=1S/C23H32N6O3/c1-14-7-15(2)21(19(30)8-14)18-11-24-22(28-27-18)26-16-5-4-6-29(12-16)13-20(31)25-17-9-23(3,32)10-17/h7-8,11,16-17,30,32H,4-6,9-10,12-13H2,1-3H3,(H,25,31)(H,24,26,28). The molecule has 1 amide bonds. The normalized spacial score (nSPS) is 25.8. The van der Waals surface area contributed by atoms with Gasteiger partial charge in [0.05, 0.1) is 18.3 Å². The molecule has 1 aliphatic carbocycles. The number of hydrogen-bond donors (Lipinski definition) is 4. The predicted octanol–water partition coefficient (Wildman–Crippen LogP) is 1.77. The zero-order valence-electron chi connectivity index (χ0n) is 18.9. The molecular weight excluding hydrogens is 408 g/mol. The summed E-state index contributed by atoms with van der Waals surface area (Å²) >= 11 is 0. The van der Waals surface area contributed by atoms with Gasteiger partial charge in [0.25, 0.3) is 0 Å². The SMILES string of the molecule is Cc1cc(C)c(-c2cnc(NC3CCCN(CC(=O)NC4CC(C)(O)C4)C3)nn2)c(O)c1. The lowest BCUT2D eigenvalue weighted by Crippen LogP contribution is -2.55. The van der Waals surface area contributed by atoms with Crippen LogP contribution in [0.4, 0.5) is 5.95 Å². The van der Waals surface area contributed by atoms with Crippen molar-refractivity contribution < 1.29 is 15.0 Å². The number of hydrogen-bond acceptors (Lipinski definition) is 8. The van der Waals surface area contributed by atoms with Crippen molar-refractivity contribution in [2.24, 2.45) is 0 Å². The topological polar surface area (TPSA) is 124 Å². The van der Waals surface area contributed by atoms with Crippen LogP contribution in [0.15, 0.2) is 18.3 Å². The maximum Gasteiger partial charge on any atom is 0.242 e. The number of benzene rings is 1. The quantitative estimate of drug-likeness (QED) is 0.536. The minimum Gasteiger partial charge on any atom is -0.507 e. The van der Waals surface area contributed by atoms with Gasteiger partial charge >= 0.3 is 0 Å². The van der Waals surface area contributed by atoms with E-state index >= 15 is 0 Å². The molecule has 1 aromatic carbocycles. The lowest BCUT2D eigenvalue weighted by atomic mass is 9.77.